The third kappa shape index (κ3) is 4.21. The molecule has 1 heterocycles. The van der Waals surface area contributed by atoms with Crippen LogP contribution in [0.3, 0.4) is 0 Å². The first-order chi connectivity index (χ1) is 10.6. The Morgan fingerprint density at radius 1 is 1.36 bits per heavy atom. The van der Waals surface area contributed by atoms with Gasteiger partial charge in [0.2, 0.25) is 0 Å². The number of rotatable bonds is 7. The summed E-state index contributed by atoms with van der Waals surface area (Å²) in [5.41, 5.74) is 0.434. The van der Waals surface area contributed by atoms with E-state index >= 15 is 0 Å². The van der Waals surface area contributed by atoms with Crippen LogP contribution >= 0.6 is 11.3 Å². The van der Waals surface area contributed by atoms with Crippen LogP contribution in [0.1, 0.15) is 35.8 Å². The number of amides is 1. The molecule has 1 amide bonds. The zero-order valence-electron chi connectivity index (χ0n) is 13.0. The predicted molar refractivity (Wildman–Crippen MR) is 86.7 cm³/mol. The number of carbonyl (C=O) groups is 1. The number of hydrogen-bond donors (Lipinski definition) is 1. The first-order valence-corrected chi connectivity index (χ1v) is 8.03. The van der Waals surface area contributed by atoms with Gasteiger partial charge in [-0.1, -0.05) is 19.1 Å². The summed E-state index contributed by atoms with van der Waals surface area (Å²) in [5.74, 6) is 1.19. The quantitative estimate of drug-likeness (QED) is 0.850. The van der Waals surface area contributed by atoms with Gasteiger partial charge in [0.25, 0.3) is 5.91 Å². The summed E-state index contributed by atoms with van der Waals surface area (Å²) in [6.45, 7) is 4.30. The molecule has 1 N–H and O–H groups in total. The van der Waals surface area contributed by atoms with Gasteiger partial charge >= 0.3 is 0 Å². The first-order valence-electron chi connectivity index (χ1n) is 7.15. The monoisotopic (exact) mass is 320 g/mol. The van der Waals surface area contributed by atoms with Crippen molar-refractivity contribution in [2.45, 2.75) is 32.9 Å². The molecule has 0 saturated heterocycles. The molecule has 2 aromatic rings. The molecule has 1 atom stereocenters. The zero-order valence-corrected chi connectivity index (χ0v) is 13.8. The SMILES string of the molecule is CC[C@@H](C)NC(=O)c1csc(COc2ccccc2OC)n1. The molecule has 0 aliphatic carbocycles. The number of para-hydroxylation sites is 2. The maximum atomic E-state index is 12.0. The van der Waals surface area contributed by atoms with Crippen LogP contribution in [0, 0.1) is 0 Å². The number of nitrogens with one attached hydrogen (secondary N) is 1. The van der Waals surface area contributed by atoms with Crippen molar-refractivity contribution in [3.63, 3.8) is 0 Å². The van der Waals surface area contributed by atoms with Crippen molar-refractivity contribution in [3.8, 4) is 11.5 Å². The third-order valence-corrected chi connectivity index (χ3v) is 4.02. The summed E-state index contributed by atoms with van der Waals surface area (Å²) in [5, 5.41) is 5.39. The van der Waals surface area contributed by atoms with Gasteiger partial charge in [0, 0.05) is 11.4 Å². The van der Waals surface area contributed by atoms with Crippen molar-refractivity contribution in [3.05, 3.63) is 40.3 Å². The molecule has 0 bridgehead atoms. The van der Waals surface area contributed by atoms with Crippen LogP contribution < -0.4 is 14.8 Å². The summed E-state index contributed by atoms with van der Waals surface area (Å²) in [6.07, 6.45) is 0.889. The highest BCUT2D eigenvalue weighted by Gasteiger charge is 2.13. The van der Waals surface area contributed by atoms with Gasteiger partial charge in [0.05, 0.1) is 7.11 Å². The van der Waals surface area contributed by atoms with Crippen LogP contribution in [0.5, 0.6) is 11.5 Å². The minimum absolute atomic E-state index is 0.141. The molecule has 0 aliphatic heterocycles. The lowest BCUT2D eigenvalue weighted by Gasteiger charge is -2.09. The van der Waals surface area contributed by atoms with Crippen LogP contribution in [-0.4, -0.2) is 24.0 Å². The highest BCUT2D eigenvalue weighted by Crippen LogP contribution is 2.27. The van der Waals surface area contributed by atoms with Crippen molar-refractivity contribution in [2.75, 3.05) is 7.11 Å². The van der Waals surface area contributed by atoms with Gasteiger partial charge in [-0.15, -0.1) is 11.3 Å². The second-order valence-corrected chi connectivity index (χ2v) is 5.79. The van der Waals surface area contributed by atoms with Crippen molar-refractivity contribution >= 4 is 17.2 Å². The largest absolute Gasteiger partial charge is 0.493 e. The average Bonchev–Trinajstić information content (AvgIpc) is 3.02. The molecule has 1 aromatic carbocycles. The molecule has 2 rings (SSSR count). The molecule has 22 heavy (non-hydrogen) atoms. The highest BCUT2D eigenvalue weighted by molar-refractivity contribution is 7.09. The predicted octanol–water partition coefficient (Wildman–Crippen LogP) is 3.26. The van der Waals surface area contributed by atoms with E-state index in [0.29, 0.717) is 23.8 Å². The van der Waals surface area contributed by atoms with E-state index in [1.165, 1.54) is 11.3 Å². The second kappa shape index (κ2) is 7.79. The van der Waals surface area contributed by atoms with E-state index in [9.17, 15) is 4.79 Å². The summed E-state index contributed by atoms with van der Waals surface area (Å²) < 4.78 is 10.9. The van der Waals surface area contributed by atoms with Gasteiger partial charge < -0.3 is 14.8 Å². The lowest BCUT2D eigenvalue weighted by atomic mass is 10.2. The van der Waals surface area contributed by atoms with Crippen molar-refractivity contribution in [1.82, 2.24) is 10.3 Å². The molecule has 0 saturated carbocycles. The number of ether oxygens (including phenoxy) is 2. The molecular formula is C16H20N2O3S. The molecule has 0 aliphatic rings. The minimum atomic E-state index is -0.144. The number of aromatic nitrogens is 1. The van der Waals surface area contributed by atoms with Crippen LogP contribution in [-0.2, 0) is 6.61 Å². The smallest absolute Gasteiger partial charge is 0.270 e. The summed E-state index contributed by atoms with van der Waals surface area (Å²) in [7, 11) is 1.60. The standard InChI is InChI=1S/C16H20N2O3S/c1-4-11(2)17-16(19)12-10-22-15(18-12)9-21-14-8-6-5-7-13(14)20-3/h5-8,10-11H,4,9H2,1-3H3,(H,17,19)/t11-/m1/s1. The van der Waals surface area contributed by atoms with Crippen molar-refractivity contribution < 1.29 is 14.3 Å². The number of nitrogens with zero attached hydrogens (tertiary/aromatic N) is 1. The Balaban J connectivity index is 1.96. The topological polar surface area (TPSA) is 60.5 Å². The first kappa shape index (κ1) is 16.3. The van der Waals surface area contributed by atoms with Gasteiger partial charge in [-0.05, 0) is 25.5 Å². The molecule has 0 spiro atoms. The molecule has 5 nitrogen and oxygen atoms in total. The van der Waals surface area contributed by atoms with E-state index < -0.39 is 0 Å². The van der Waals surface area contributed by atoms with E-state index in [4.69, 9.17) is 9.47 Å². The van der Waals surface area contributed by atoms with Gasteiger partial charge in [-0.3, -0.25) is 4.79 Å². The fourth-order valence-electron chi connectivity index (χ4n) is 1.76. The maximum Gasteiger partial charge on any atom is 0.270 e. The second-order valence-electron chi connectivity index (χ2n) is 4.85. The third-order valence-electron chi connectivity index (χ3n) is 3.19. The molecule has 118 valence electrons. The van der Waals surface area contributed by atoms with Crippen LogP contribution in [0.4, 0.5) is 0 Å². The Labute approximate surface area is 134 Å². The fraction of sp³-hybridized carbons (Fsp3) is 0.375. The fourth-order valence-corrected chi connectivity index (χ4v) is 2.44. The van der Waals surface area contributed by atoms with Gasteiger partial charge in [-0.25, -0.2) is 4.98 Å². The lowest BCUT2D eigenvalue weighted by molar-refractivity contribution is 0.0934. The number of benzene rings is 1. The van der Waals surface area contributed by atoms with Crippen LogP contribution in [0.2, 0.25) is 0 Å². The van der Waals surface area contributed by atoms with E-state index in [2.05, 4.69) is 10.3 Å². The number of carbonyl (C=O) groups excluding carboxylic acids is 1. The van der Waals surface area contributed by atoms with Crippen LogP contribution in [0.15, 0.2) is 29.6 Å². The Morgan fingerprint density at radius 3 is 2.77 bits per heavy atom. The van der Waals surface area contributed by atoms with E-state index in [1.807, 2.05) is 38.1 Å². The summed E-state index contributed by atoms with van der Waals surface area (Å²) >= 11 is 1.41. The van der Waals surface area contributed by atoms with Gasteiger partial charge in [0.15, 0.2) is 11.5 Å². The van der Waals surface area contributed by atoms with E-state index in [1.54, 1.807) is 12.5 Å². The lowest BCUT2D eigenvalue weighted by Crippen LogP contribution is -2.32. The van der Waals surface area contributed by atoms with E-state index in [-0.39, 0.29) is 11.9 Å². The average molecular weight is 320 g/mol. The Kier molecular flexibility index (Phi) is 5.77. The van der Waals surface area contributed by atoms with Crippen LogP contribution in [0.25, 0.3) is 0 Å². The Morgan fingerprint density at radius 2 is 2.09 bits per heavy atom. The normalized spacial score (nSPS) is 11.8. The summed E-state index contributed by atoms with van der Waals surface area (Å²) in [6, 6.07) is 7.57. The number of thiazole rings is 1. The maximum absolute atomic E-state index is 12.0. The molecule has 0 fully saturated rings. The van der Waals surface area contributed by atoms with E-state index in [0.717, 1.165) is 11.4 Å². The van der Waals surface area contributed by atoms with Gasteiger partial charge in [0.1, 0.15) is 17.3 Å². The highest BCUT2D eigenvalue weighted by atomic mass is 32.1. The van der Waals surface area contributed by atoms with Crippen molar-refractivity contribution in [2.24, 2.45) is 0 Å². The minimum Gasteiger partial charge on any atom is -0.493 e. The summed E-state index contributed by atoms with van der Waals surface area (Å²) in [4.78, 5) is 16.3. The molecular weight excluding hydrogens is 300 g/mol. The molecule has 1 aromatic heterocycles. The van der Waals surface area contributed by atoms with Gasteiger partial charge in [-0.2, -0.15) is 0 Å². The Hall–Kier alpha value is -2.08. The molecule has 0 unspecified atom stereocenters. The molecule has 6 heteroatoms. The number of methoxy groups -OCH3 is 1. The zero-order chi connectivity index (χ0) is 15.9. The van der Waals surface area contributed by atoms with Crippen molar-refractivity contribution in [1.29, 1.82) is 0 Å². The number of hydrogen-bond acceptors (Lipinski definition) is 5. The Bertz CT molecular complexity index is 627. The molecule has 0 radical (unpaired) electrons.